The number of nitrogens with zero attached hydrogens (tertiary/aromatic N) is 3. The van der Waals surface area contributed by atoms with Gasteiger partial charge in [-0.15, -0.1) is 0 Å². The van der Waals surface area contributed by atoms with Crippen molar-refractivity contribution in [2.75, 3.05) is 0 Å². The Morgan fingerprint density at radius 1 is 1.18 bits per heavy atom. The number of rotatable bonds is 4. The number of nitriles is 1. The quantitative estimate of drug-likeness (QED) is 0.710. The molecule has 1 aromatic heterocycles. The van der Waals surface area contributed by atoms with E-state index >= 15 is 0 Å². The van der Waals surface area contributed by atoms with Gasteiger partial charge in [0.15, 0.2) is 0 Å². The van der Waals surface area contributed by atoms with Gasteiger partial charge in [0.1, 0.15) is 23.2 Å². The summed E-state index contributed by atoms with van der Waals surface area (Å²) in [6.45, 7) is 2.96. The summed E-state index contributed by atoms with van der Waals surface area (Å²) in [5.74, 6) is 0.517. The average Bonchev–Trinajstić information content (AvgIpc) is 2.92. The van der Waals surface area contributed by atoms with Crippen LogP contribution >= 0.6 is 0 Å². The molecule has 0 saturated carbocycles. The number of aromatic nitrogens is 2. The standard InChI is InChI=1S/C18H16FN3/c1-2-3-11-22-16-6-4-5-14(12-20)17(16)21-18(22)13-7-9-15(19)10-8-13/h4-10H,2-3,11H2,1H3. The molecule has 3 aromatic rings. The van der Waals surface area contributed by atoms with Gasteiger partial charge < -0.3 is 4.57 Å². The van der Waals surface area contributed by atoms with Crippen LogP contribution in [0.4, 0.5) is 4.39 Å². The topological polar surface area (TPSA) is 41.6 Å². The number of hydrogen-bond donors (Lipinski definition) is 0. The van der Waals surface area contributed by atoms with Crippen molar-refractivity contribution in [2.24, 2.45) is 0 Å². The molecule has 0 amide bonds. The maximum absolute atomic E-state index is 13.2. The first-order chi connectivity index (χ1) is 10.7. The molecule has 110 valence electrons. The fourth-order valence-corrected chi connectivity index (χ4v) is 2.60. The zero-order valence-corrected chi connectivity index (χ0v) is 12.4. The SMILES string of the molecule is CCCCn1c(-c2ccc(F)cc2)nc2c(C#N)cccc21. The van der Waals surface area contributed by atoms with Gasteiger partial charge in [-0.25, -0.2) is 9.37 Å². The van der Waals surface area contributed by atoms with Gasteiger partial charge in [-0.1, -0.05) is 19.4 Å². The average molecular weight is 293 g/mol. The van der Waals surface area contributed by atoms with Crippen LogP contribution in [0, 0.1) is 17.1 Å². The van der Waals surface area contributed by atoms with Gasteiger partial charge in [-0.05, 0) is 42.8 Å². The minimum Gasteiger partial charge on any atom is -0.324 e. The number of hydrogen-bond acceptors (Lipinski definition) is 2. The second-order valence-corrected chi connectivity index (χ2v) is 5.23. The zero-order valence-electron chi connectivity index (χ0n) is 12.4. The van der Waals surface area contributed by atoms with Gasteiger partial charge >= 0.3 is 0 Å². The van der Waals surface area contributed by atoms with E-state index in [1.807, 2.05) is 12.1 Å². The van der Waals surface area contributed by atoms with Crippen LogP contribution in [0.25, 0.3) is 22.4 Å². The summed E-state index contributed by atoms with van der Waals surface area (Å²) in [6, 6.07) is 14.1. The van der Waals surface area contributed by atoms with Crippen molar-refractivity contribution in [2.45, 2.75) is 26.3 Å². The smallest absolute Gasteiger partial charge is 0.141 e. The lowest BCUT2D eigenvalue weighted by atomic mass is 10.2. The zero-order chi connectivity index (χ0) is 15.5. The Hall–Kier alpha value is -2.67. The molecule has 4 heteroatoms. The van der Waals surface area contributed by atoms with Crippen LogP contribution < -0.4 is 0 Å². The van der Waals surface area contributed by atoms with E-state index in [2.05, 4.69) is 22.5 Å². The summed E-state index contributed by atoms with van der Waals surface area (Å²) in [5.41, 5.74) is 3.08. The number of halogens is 1. The molecule has 0 unspecified atom stereocenters. The molecule has 0 fully saturated rings. The summed E-state index contributed by atoms with van der Waals surface area (Å²) in [4.78, 5) is 4.65. The second kappa shape index (κ2) is 5.98. The molecule has 0 radical (unpaired) electrons. The number of benzene rings is 2. The largest absolute Gasteiger partial charge is 0.324 e. The fraction of sp³-hybridized carbons (Fsp3) is 0.222. The van der Waals surface area contributed by atoms with Gasteiger partial charge in [0, 0.05) is 12.1 Å². The molecule has 0 bridgehead atoms. The van der Waals surface area contributed by atoms with Crippen LogP contribution in [0.15, 0.2) is 42.5 Å². The molecule has 0 N–H and O–H groups in total. The summed E-state index contributed by atoms with van der Waals surface area (Å²) < 4.78 is 15.3. The molecule has 0 aliphatic carbocycles. The van der Waals surface area contributed by atoms with Gasteiger partial charge in [-0.3, -0.25) is 0 Å². The van der Waals surface area contributed by atoms with E-state index in [9.17, 15) is 9.65 Å². The maximum atomic E-state index is 13.2. The molecule has 0 saturated heterocycles. The second-order valence-electron chi connectivity index (χ2n) is 5.23. The summed E-state index contributed by atoms with van der Waals surface area (Å²) >= 11 is 0. The molecular formula is C18H16FN3. The normalized spacial score (nSPS) is 10.8. The Balaban J connectivity index is 2.23. The van der Waals surface area contributed by atoms with Crippen molar-refractivity contribution in [3.05, 3.63) is 53.8 Å². The van der Waals surface area contributed by atoms with E-state index < -0.39 is 0 Å². The number of fused-ring (bicyclic) bond motifs is 1. The van der Waals surface area contributed by atoms with Crippen LogP contribution in [0.1, 0.15) is 25.3 Å². The molecule has 3 rings (SSSR count). The Bertz CT molecular complexity index is 841. The van der Waals surface area contributed by atoms with Crippen LogP contribution in [0.5, 0.6) is 0 Å². The van der Waals surface area contributed by atoms with E-state index in [0.29, 0.717) is 11.1 Å². The molecule has 0 spiro atoms. The summed E-state index contributed by atoms with van der Waals surface area (Å²) in [6.07, 6.45) is 2.09. The monoisotopic (exact) mass is 293 g/mol. The third-order valence-corrected chi connectivity index (χ3v) is 3.74. The number of para-hydroxylation sites is 1. The van der Waals surface area contributed by atoms with Crippen molar-refractivity contribution < 1.29 is 4.39 Å². The predicted molar refractivity (Wildman–Crippen MR) is 84.8 cm³/mol. The molecule has 0 aliphatic heterocycles. The molecule has 0 atom stereocenters. The Labute approximate surface area is 128 Å². The first kappa shape index (κ1) is 14.3. The van der Waals surface area contributed by atoms with Gasteiger partial charge in [-0.2, -0.15) is 5.26 Å². The fourth-order valence-electron chi connectivity index (χ4n) is 2.60. The lowest BCUT2D eigenvalue weighted by Gasteiger charge is -2.08. The minimum atomic E-state index is -0.266. The lowest BCUT2D eigenvalue weighted by Crippen LogP contribution is -2.00. The predicted octanol–water partition coefficient (Wildman–Crippen LogP) is 4.51. The van der Waals surface area contributed by atoms with Crippen LogP contribution in [-0.2, 0) is 6.54 Å². The van der Waals surface area contributed by atoms with Crippen molar-refractivity contribution in [1.29, 1.82) is 5.26 Å². The highest BCUT2D eigenvalue weighted by Gasteiger charge is 2.14. The highest BCUT2D eigenvalue weighted by Crippen LogP contribution is 2.27. The van der Waals surface area contributed by atoms with Crippen molar-refractivity contribution in [3.63, 3.8) is 0 Å². The molecule has 2 aromatic carbocycles. The summed E-state index contributed by atoms with van der Waals surface area (Å²) in [5, 5.41) is 9.27. The molecule has 1 heterocycles. The van der Waals surface area contributed by atoms with Gasteiger partial charge in [0.05, 0.1) is 11.1 Å². The Morgan fingerprint density at radius 2 is 1.95 bits per heavy atom. The number of imidazole rings is 1. The lowest BCUT2D eigenvalue weighted by molar-refractivity contribution is 0.627. The van der Waals surface area contributed by atoms with E-state index in [0.717, 1.165) is 36.3 Å². The van der Waals surface area contributed by atoms with Crippen molar-refractivity contribution in [1.82, 2.24) is 9.55 Å². The molecule has 3 nitrogen and oxygen atoms in total. The molecular weight excluding hydrogens is 277 g/mol. The highest BCUT2D eigenvalue weighted by molar-refractivity contribution is 5.85. The molecule has 0 aliphatic rings. The first-order valence-electron chi connectivity index (χ1n) is 7.40. The van der Waals surface area contributed by atoms with Crippen LogP contribution in [0.2, 0.25) is 0 Å². The Morgan fingerprint density at radius 3 is 2.64 bits per heavy atom. The van der Waals surface area contributed by atoms with E-state index in [-0.39, 0.29) is 5.82 Å². The maximum Gasteiger partial charge on any atom is 0.141 e. The van der Waals surface area contributed by atoms with E-state index in [1.54, 1.807) is 18.2 Å². The number of unbranched alkanes of at least 4 members (excludes halogenated alkanes) is 1. The van der Waals surface area contributed by atoms with E-state index in [1.165, 1.54) is 12.1 Å². The third kappa shape index (κ3) is 2.46. The van der Waals surface area contributed by atoms with Crippen LogP contribution in [-0.4, -0.2) is 9.55 Å². The van der Waals surface area contributed by atoms with Crippen molar-refractivity contribution >= 4 is 11.0 Å². The highest BCUT2D eigenvalue weighted by atomic mass is 19.1. The summed E-state index contributed by atoms with van der Waals surface area (Å²) in [7, 11) is 0. The van der Waals surface area contributed by atoms with Crippen molar-refractivity contribution in [3.8, 4) is 17.5 Å². The van der Waals surface area contributed by atoms with E-state index in [4.69, 9.17) is 0 Å². The minimum absolute atomic E-state index is 0.266. The van der Waals surface area contributed by atoms with Crippen LogP contribution in [0.3, 0.4) is 0 Å². The third-order valence-electron chi connectivity index (χ3n) is 3.74. The first-order valence-corrected chi connectivity index (χ1v) is 7.40. The van der Waals surface area contributed by atoms with Gasteiger partial charge in [0.2, 0.25) is 0 Å². The Kier molecular flexibility index (Phi) is 3.88. The number of aryl methyl sites for hydroxylation is 1. The van der Waals surface area contributed by atoms with Gasteiger partial charge in [0.25, 0.3) is 0 Å². The molecule has 22 heavy (non-hydrogen) atoms.